The molecule has 0 unspecified atom stereocenters. The van der Waals surface area contributed by atoms with Crippen molar-refractivity contribution in [1.29, 1.82) is 0 Å². The molecule has 1 fully saturated rings. The van der Waals surface area contributed by atoms with Crippen molar-refractivity contribution >= 4 is 27.7 Å². The van der Waals surface area contributed by atoms with Crippen molar-refractivity contribution in [3.05, 3.63) is 34.1 Å². The normalized spacial score (nSPS) is 15.9. The Morgan fingerprint density at radius 1 is 1.35 bits per heavy atom. The number of hydrogen-bond acceptors (Lipinski definition) is 4. The van der Waals surface area contributed by atoms with Crippen LogP contribution < -0.4 is 0 Å². The standard InChI is InChI=1S/C13H14BrFN4S/c14-10-6-5-9(12(15)7-10)8-20-13-16-17-18-19(13)11-3-1-2-4-11/h5-7,11H,1-4,8H2. The number of hydrogen-bond donors (Lipinski definition) is 0. The molecule has 0 N–H and O–H groups in total. The topological polar surface area (TPSA) is 43.6 Å². The van der Waals surface area contributed by atoms with Crippen molar-refractivity contribution in [3.8, 4) is 0 Å². The van der Waals surface area contributed by atoms with Crippen LogP contribution in [0.5, 0.6) is 0 Å². The van der Waals surface area contributed by atoms with Gasteiger partial charge < -0.3 is 0 Å². The summed E-state index contributed by atoms with van der Waals surface area (Å²) in [5.41, 5.74) is 0.666. The van der Waals surface area contributed by atoms with Crippen LogP contribution in [0.1, 0.15) is 37.3 Å². The smallest absolute Gasteiger partial charge is 0.209 e. The van der Waals surface area contributed by atoms with Crippen molar-refractivity contribution < 1.29 is 4.39 Å². The molecule has 0 bridgehead atoms. The highest BCUT2D eigenvalue weighted by atomic mass is 79.9. The molecular formula is C13H14BrFN4S. The summed E-state index contributed by atoms with van der Waals surface area (Å²) in [6, 6.07) is 5.52. The molecule has 0 saturated heterocycles. The Morgan fingerprint density at radius 3 is 2.90 bits per heavy atom. The number of thioether (sulfide) groups is 1. The van der Waals surface area contributed by atoms with Gasteiger partial charge in [0.2, 0.25) is 5.16 Å². The number of nitrogens with zero attached hydrogens (tertiary/aromatic N) is 4. The first-order valence-corrected chi connectivity index (χ1v) is 8.36. The van der Waals surface area contributed by atoms with Crippen LogP contribution in [0.2, 0.25) is 0 Å². The van der Waals surface area contributed by atoms with Gasteiger partial charge in [-0.1, -0.05) is 46.6 Å². The monoisotopic (exact) mass is 356 g/mol. The third kappa shape index (κ3) is 3.03. The van der Waals surface area contributed by atoms with Gasteiger partial charge in [0.05, 0.1) is 6.04 Å². The van der Waals surface area contributed by atoms with E-state index in [4.69, 9.17) is 0 Å². The Labute approximate surface area is 129 Å². The van der Waals surface area contributed by atoms with Crippen LogP contribution in [0.3, 0.4) is 0 Å². The Hall–Kier alpha value is -0.950. The zero-order valence-electron chi connectivity index (χ0n) is 10.8. The second-order valence-corrected chi connectivity index (χ2v) is 6.73. The fourth-order valence-electron chi connectivity index (χ4n) is 2.44. The quantitative estimate of drug-likeness (QED) is 0.777. The van der Waals surface area contributed by atoms with E-state index in [9.17, 15) is 4.39 Å². The highest BCUT2D eigenvalue weighted by Gasteiger charge is 2.21. The molecule has 0 spiro atoms. The number of tetrazole rings is 1. The Morgan fingerprint density at radius 2 is 2.15 bits per heavy atom. The summed E-state index contributed by atoms with van der Waals surface area (Å²) in [6.45, 7) is 0. The van der Waals surface area contributed by atoms with Crippen LogP contribution >= 0.6 is 27.7 Å². The van der Waals surface area contributed by atoms with Gasteiger partial charge in [-0.3, -0.25) is 0 Å². The zero-order chi connectivity index (χ0) is 13.9. The summed E-state index contributed by atoms with van der Waals surface area (Å²) in [6.07, 6.45) is 4.72. The maximum atomic E-state index is 13.8. The molecule has 7 heteroatoms. The molecule has 1 saturated carbocycles. The molecule has 3 rings (SSSR count). The summed E-state index contributed by atoms with van der Waals surface area (Å²) in [7, 11) is 0. The van der Waals surface area contributed by atoms with E-state index in [1.807, 2.05) is 10.7 Å². The molecule has 0 atom stereocenters. The molecule has 1 aromatic heterocycles. The van der Waals surface area contributed by atoms with Crippen LogP contribution in [0, 0.1) is 5.82 Å². The van der Waals surface area contributed by atoms with E-state index in [1.54, 1.807) is 6.07 Å². The van der Waals surface area contributed by atoms with Crippen LogP contribution in [0.4, 0.5) is 4.39 Å². The molecule has 4 nitrogen and oxygen atoms in total. The van der Waals surface area contributed by atoms with Crippen LogP contribution in [0.15, 0.2) is 27.8 Å². The number of rotatable bonds is 4. The summed E-state index contributed by atoms with van der Waals surface area (Å²) in [5.74, 6) is 0.332. The van der Waals surface area contributed by atoms with Crippen LogP contribution in [0.25, 0.3) is 0 Å². The molecule has 0 amide bonds. The minimum absolute atomic E-state index is 0.202. The van der Waals surface area contributed by atoms with Crippen molar-refractivity contribution in [1.82, 2.24) is 20.2 Å². The first-order chi connectivity index (χ1) is 9.74. The Kier molecular flexibility index (Phi) is 4.35. The van der Waals surface area contributed by atoms with Gasteiger partial charge in [0.25, 0.3) is 0 Å². The molecule has 0 aliphatic heterocycles. The average molecular weight is 357 g/mol. The second-order valence-electron chi connectivity index (χ2n) is 4.87. The third-order valence-electron chi connectivity index (χ3n) is 3.51. The van der Waals surface area contributed by atoms with E-state index >= 15 is 0 Å². The van der Waals surface area contributed by atoms with Gasteiger partial charge in [-0.2, -0.15) is 0 Å². The lowest BCUT2D eigenvalue weighted by molar-refractivity contribution is 0.423. The van der Waals surface area contributed by atoms with Crippen molar-refractivity contribution in [2.24, 2.45) is 0 Å². The highest BCUT2D eigenvalue weighted by molar-refractivity contribution is 9.10. The first kappa shape index (κ1) is 14.0. The van der Waals surface area contributed by atoms with Crippen molar-refractivity contribution in [3.63, 3.8) is 0 Å². The molecule has 1 heterocycles. The van der Waals surface area contributed by atoms with Crippen LogP contribution in [-0.2, 0) is 5.75 Å². The minimum atomic E-state index is -0.202. The number of benzene rings is 1. The third-order valence-corrected chi connectivity index (χ3v) is 4.98. The molecular weight excluding hydrogens is 343 g/mol. The molecule has 106 valence electrons. The maximum absolute atomic E-state index is 13.8. The second kappa shape index (κ2) is 6.22. The fourth-order valence-corrected chi connectivity index (χ4v) is 3.70. The van der Waals surface area contributed by atoms with E-state index in [0.717, 1.165) is 22.5 Å². The largest absolute Gasteiger partial charge is 0.217 e. The van der Waals surface area contributed by atoms with Gasteiger partial charge in [0, 0.05) is 10.2 Å². The van der Waals surface area contributed by atoms with Crippen LogP contribution in [-0.4, -0.2) is 20.2 Å². The average Bonchev–Trinajstić information content (AvgIpc) is 3.08. The zero-order valence-corrected chi connectivity index (χ0v) is 13.2. The maximum Gasteiger partial charge on any atom is 0.209 e. The predicted octanol–water partition coefficient (Wildman–Crippen LogP) is 3.98. The van der Waals surface area contributed by atoms with E-state index in [1.165, 1.54) is 30.7 Å². The molecule has 20 heavy (non-hydrogen) atoms. The Bertz CT molecular complexity index is 598. The molecule has 1 aliphatic rings. The summed E-state index contributed by atoms with van der Waals surface area (Å²) in [5, 5.41) is 12.7. The predicted molar refractivity (Wildman–Crippen MR) is 79.0 cm³/mol. The van der Waals surface area contributed by atoms with Gasteiger partial charge in [0.15, 0.2) is 0 Å². The minimum Gasteiger partial charge on any atom is -0.217 e. The van der Waals surface area contributed by atoms with Crippen molar-refractivity contribution in [2.45, 2.75) is 42.6 Å². The van der Waals surface area contributed by atoms with Gasteiger partial charge in [-0.25, -0.2) is 9.07 Å². The SMILES string of the molecule is Fc1cc(Br)ccc1CSc1nnnn1C1CCCC1. The molecule has 1 aromatic carbocycles. The molecule has 1 aliphatic carbocycles. The summed E-state index contributed by atoms with van der Waals surface area (Å²) in [4.78, 5) is 0. The van der Waals surface area contributed by atoms with E-state index in [0.29, 0.717) is 17.4 Å². The lowest BCUT2D eigenvalue weighted by atomic mass is 10.2. The summed E-state index contributed by atoms with van der Waals surface area (Å²) < 4.78 is 16.4. The van der Waals surface area contributed by atoms with E-state index in [-0.39, 0.29) is 5.82 Å². The lowest BCUT2D eigenvalue weighted by Crippen LogP contribution is -2.08. The summed E-state index contributed by atoms with van der Waals surface area (Å²) >= 11 is 4.74. The van der Waals surface area contributed by atoms with Crippen molar-refractivity contribution in [2.75, 3.05) is 0 Å². The van der Waals surface area contributed by atoms with Gasteiger partial charge >= 0.3 is 0 Å². The number of aromatic nitrogens is 4. The first-order valence-electron chi connectivity index (χ1n) is 6.58. The van der Waals surface area contributed by atoms with E-state index in [2.05, 4.69) is 31.5 Å². The fraction of sp³-hybridized carbons (Fsp3) is 0.462. The molecule has 0 radical (unpaired) electrons. The highest BCUT2D eigenvalue weighted by Crippen LogP contribution is 2.32. The van der Waals surface area contributed by atoms with Gasteiger partial charge in [-0.15, -0.1) is 5.10 Å². The van der Waals surface area contributed by atoms with Gasteiger partial charge in [-0.05, 0) is 41.0 Å². The number of halogens is 2. The Balaban J connectivity index is 1.70. The lowest BCUT2D eigenvalue weighted by Gasteiger charge is -2.10. The van der Waals surface area contributed by atoms with Gasteiger partial charge in [0.1, 0.15) is 5.82 Å². The molecule has 2 aromatic rings. The van der Waals surface area contributed by atoms with E-state index < -0.39 is 0 Å².